The Bertz CT molecular complexity index is 485. The third-order valence-corrected chi connectivity index (χ3v) is 5.73. The molecule has 1 aliphatic carbocycles. The maximum Gasteiger partial charge on any atom is 0.168 e. The molecule has 0 amide bonds. The number of nitrogens with zero attached hydrogens (tertiary/aromatic N) is 6. The summed E-state index contributed by atoms with van der Waals surface area (Å²) in [6.45, 7) is 12.6. The Labute approximate surface area is 146 Å². The van der Waals surface area contributed by atoms with Gasteiger partial charge in [0.2, 0.25) is 0 Å². The minimum Gasteiger partial charge on any atom is -0.301 e. The average Bonchev–Trinajstić information content (AvgIpc) is 3.10. The van der Waals surface area contributed by atoms with Crippen LogP contribution in [-0.4, -0.2) is 62.7 Å². The van der Waals surface area contributed by atoms with Crippen LogP contribution in [0.2, 0.25) is 0 Å². The van der Waals surface area contributed by atoms with E-state index in [1.54, 1.807) is 0 Å². The Morgan fingerprint density at radius 2 is 1.75 bits per heavy atom. The van der Waals surface area contributed by atoms with Crippen molar-refractivity contribution in [2.24, 2.45) is 5.92 Å². The molecule has 1 saturated heterocycles. The summed E-state index contributed by atoms with van der Waals surface area (Å²) in [5, 5.41) is 13.0. The fraction of sp³-hybridized carbons (Fsp3) is 0.944. The Morgan fingerprint density at radius 1 is 1.04 bits per heavy atom. The summed E-state index contributed by atoms with van der Waals surface area (Å²) in [6.07, 6.45) is 7.59. The lowest BCUT2D eigenvalue weighted by Gasteiger charge is -2.39. The first kappa shape index (κ1) is 17.8. The van der Waals surface area contributed by atoms with Crippen LogP contribution in [0.25, 0.3) is 0 Å². The highest BCUT2D eigenvalue weighted by molar-refractivity contribution is 4.97. The first-order valence-corrected chi connectivity index (χ1v) is 9.93. The van der Waals surface area contributed by atoms with Gasteiger partial charge in [-0.2, -0.15) is 0 Å². The van der Waals surface area contributed by atoms with Gasteiger partial charge < -0.3 is 4.90 Å². The molecule has 6 nitrogen and oxygen atoms in total. The van der Waals surface area contributed by atoms with E-state index in [9.17, 15) is 0 Å². The second-order valence-corrected chi connectivity index (χ2v) is 7.89. The highest BCUT2D eigenvalue weighted by atomic mass is 15.6. The summed E-state index contributed by atoms with van der Waals surface area (Å²) in [6, 6.07) is 0.872. The van der Waals surface area contributed by atoms with Crippen molar-refractivity contribution in [3.8, 4) is 0 Å². The molecule has 3 rings (SSSR count). The number of aromatic nitrogens is 4. The first-order valence-electron chi connectivity index (χ1n) is 9.93. The summed E-state index contributed by atoms with van der Waals surface area (Å²) in [4.78, 5) is 5.16. The van der Waals surface area contributed by atoms with Gasteiger partial charge in [0.15, 0.2) is 5.82 Å². The van der Waals surface area contributed by atoms with Gasteiger partial charge in [0.1, 0.15) is 0 Å². The van der Waals surface area contributed by atoms with Crippen LogP contribution in [0.4, 0.5) is 0 Å². The predicted molar refractivity (Wildman–Crippen MR) is 95.8 cm³/mol. The molecule has 2 fully saturated rings. The van der Waals surface area contributed by atoms with E-state index in [0.29, 0.717) is 18.0 Å². The zero-order valence-electron chi connectivity index (χ0n) is 15.7. The van der Waals surface area contributed by atoms with E-state index in [1.165, 1.54) is 32.1 Å². The topological polar surface area (TPSA) is 50.1 Å². The molecule has 1 aliphatic heterocycles. The van der Waals surface area contributed by atoms with E-state index in [1.807, 2.05) is 0 Å². The summed E-state index contributed by atoms with van der Waals surface area (Å²) >= 11 is 0. The zero-order chi connectivity index (χ0) is 16.9. The number of tetrazole rings is 1. The molecule has 0 N–H and O–H groups in total. The number of likely N-dealkylation sites (N-methyl/N-ethyl adjacent to an activating group) is 1. The van der Waals surface area contributed by atoms with Crippen molar-refractivity contribution >= 4 is 0 Å². The third kappa shape index (κ3) is 4.14. The minimum atomic E-state index is 0.362. The highest BCUT2D eigenvalue weighted by Gasteiger charge is 2.31. The van der Waals surface area contributed by atoms with Crippen molar-refractivity contribution in [3.05, 3.63) is 5.82 Å². The normalized spacial score (nSPS) is 23.0. The van der Waals surface area contributed by atoms with E-state index in [4.69, 9.17) is 0 Å². The van der Waals surface area contributed by atoms with E-state index in [0.717, 1.165) is 45.0 Å². The number of piperazine rings is 1. The molecular weight excluding hydrogens is 300 g/mol. The summed E-state index contributed by atoms with van der Waals surface area (Å²) in [5.41, 5.74) is 0. The van der Waals surface area contributed by atoms with E-state index < -0.39 is 0 Å². The monoisotopic (exact) mass is 334 g/mol. The molecule has 1 aromatic rings. The molecule has 0 spiro atoms. The van der Waals surface area contributed by atoms with Crippen molar-refractivity contribution in [1.29, 1.82) is 0 Å². The van der Waals surface area contributed by atoms with Crippen molar-refractivity contribution in [2.45, 2.75) is 71.4 Å². The highest BCUT2D eigenvalue weighted by Crippen LogP contribution is 2.33. The van der Waals surface area contributed by atoms with Gasteiger partial charge in [0.05, 0.1) is 12.1 Å². The zero-order valence-corrected chi connectivity index (χ0v) is 15.7. The van der Waals surface area contributed by atoms with Crippen LogP contribution >= 0.6 is 0 Å². The minimum absolute atomic E-state index is 0.362. The van der Waals surface area contributed by atoms with Gasteiger partial charge in [0.25, 0.3) is 0 Å². The molecule has 2 aliphatic rings. The Kier molecular flexibility index (Phi) is 6.22. The van der Waals surface area contributed by atoms with Crippen LogP contribution in [0.15, 0.2) is 0 Å². The largest absolute Gasteiger partial charge is 0.301 e. The van der Waals surface area contributed by atoms with Crippen molar-refractivity contribution in [2.75, 3.05) is 32.7 Å². The summed E-state index contributed by atoms with van der Waals surface area (Å²) in [7, 11) is 0. The maximum atomic E-state index is 4.51. The fourth-order valence-corrected chi connectivity index (χ4v) is 4.26. The van der Waals surface area contributed by atoms with Gasteiger partial charge >= 0.3 is 0 Å². The van der Waals surface area contributed by atoms with Crippen LogP contribution in [0.1, 0.15) is 77.2 Å². The molecule has 24 heavy (non-hydrogen) atoms. The van der Waals surface area contributed by atoms with Crippen molar-refractivity contribution in [1.82, 2.24) is 30.0 Å². The Morgan fingerprint density at radius 3 is 2.38 bits per heavy atom. The molecule has 0 unspecified atom stereocenters. The first-order chi connectivity index (χ1) is 11.7. The number of rotatable bonds is 6. The molecule has 6 heteroatoms. The summed E-state index contributed by atoms with van der Waals surface area (Å²) in [5.74, 6) is 1.76. The average molecular weight is 335 g/mol. The third-order valence-electron chi connectivity index (χ3n) is 5.73. The summed E-state index contributed by atoms with van der Waals surface area (Å²) < 4.78 is 2.18. The van der Waals surface area contributed by atoms with E-state index >= 15 is 0 Å². The molecule has 2 heterocycles. The molecular formula is C18H34N6. The quantitative estimate of drug-likeness (QED) is 0.800. The van der Waals surface area contributed by atoms with Gasteiger partial charge in [0, 0.05) is 26.2 Å². The molecule has 0 bridgehead atoms. The molecule has 0 radical (unpaired) electrons. The standard InChI is InChI=1S/C18H34N6/c1-4-22-10-12-23(13-11-22)17(14-15(2)3)18-19-20-21-24(18)16-8-6-5-7-9-16/h15-17H,4-14H2,1-3H3/t17-/m0/s1. The van der Waals surface area contributed by atoms with Crippen LogP contribution in [-0.2, 0) is 0 Å². The molecule has 0 aromatic carbocycles. The van der Waals surface area contributed by atoms with Gasteiger partial charge in [-0.15, -0.1) is 5.10 Å². The maximum absolute atomic E-state index is 4.51. The van der Waals surface area contributed by atoms with Crippen molar-refractivity contribution < 1.29 is 0 Å². The van der Waals surface area contributed by atoms with E-state index in [-0.39, 0.29) is 0 Å². The number of hydrogen-bond acceptors (Lipinski definition) is 5. The Balaban J connectivity index is 1.77. The molecule has 136 valence electrons. The van der Waals surface area contributed by atoms with Crippen LogP contribution in [0.5, 0.6) is 0 Å². The van der Waals surface area contributed by atoms with Gasteiger partial charge in [-0.25, -0.2) is 4.68 Å². The lowest BCUT2D eigenvalue weighted by molar-refractivity contribution is 0.0815. The van der Waals surface area contributed by atoms with Crippen molar-refractivity contribution in [3.63, 3.8) is 0 Å². The molecule has 1 saturated carbocycles. The van der Waals surface area contributed by atoms with Gasteiger partial charge in [-0.1, -0.05) is 40.0 Å². The lowest BCUT2D eigenvalue weighted by atomic mass is 9.94. The van der Waals surface area contributed by atoms with Crippen LogP contribution < -0.4 is 0 Å². The van der Waals surface area contributed by atoms with E-state index in [2.05, 4.69) is 50.8 Å². The Hall–Kier alpha value is -1.01. The SMILES string of the molecule is CCN1CCN([C@@H](CC(C)C)c2nnnn2C2CCCCC2)CC1. The number of hydrogen-bond donors (Lipinski definition) is 0. The fourth-order valence-electron chi connectivity index (χ4n) is 4.26. The van der Waals surface area contributed by atoms with Gasteiger partial charge in [-0.05, 0) is 42.2 Å². The second-order valence-electron chi connectivity index (χ2n) is 7.89. The molecule has 1 aromatic heterocycles. The molecule has 1 atom stereocenters. The van der Waals surface area contributed by atoms with Crippen LogP contribution in [0, 0.1) is 5.92 Å². The smallest absolute Gasteiger partial charge is 0.168 e. The van der Waals surface area contributed by atoms with Crippen LogP contribution in [0.3, 0.4) is 0 Å². The predicted octanol–water partition coefficient (Wildman–Crippen LogP) is 2.90. The lowest BCUT2D eigenvalue weighted by Crippen LogP contribution is -2.48. The van der Waals surface area contributed by atoms with Gasteiger partial charge in [-0.3, -0.25) is 4.90 Å². The second kappa shape index (κ2) is 8.39.